The zero-order chi connectivity index (χ0) is 15.1. The van der Waals surface area contributed by atoms with Crippen LogP contribution in [0, 0.1) is 13.7 Å². The molecule has 0 unspecified atom stereocenters. The van der Waals surface area contributed by atoms with Gasteiger partial charge in [0.2, 0.25) is 12.1 Å². The van der Waals surface area contributed by atoms with Crippen LogP contribution in [-0.4, -0.2) is 20.3 Å². The van der Waals surface area contributed by atoms with Crippen LogP contribution in [0.25, 0.3) is 6.08 Å². The van der Waals surface area contributed by atoms with Crippen LogP contribution in [0.4, 0.5) is 5.82 Å². The second-order valence-electron chi connectivity index (χ2n) is 4.40. The minimum absolute atomic E-state index is 0.0544. The molecule has 0 radical (unpaired) electrons. The van der Waals surface area contributed by atoms with Crippen LogP contribution in [0.5, 0.6) is 5.75 Å². The predicted molar refractivity (Wildman–Crippen MR) is 82.0 cm³/mol. The normalized spacial score (nSPS) is 15.1. The van der Waals surface area contributed by atoms with Crippen LogP contribution in [0.3, 0.4) is 0 Å². The minimum atomic E-state index is -0.595. The Balaban J connectivity index is 2.06. The molecule has 0 spiro atoms. The van der Waals surface area contributed by atoms with Gasteiger partial charge in [0.1, 0.15) is 11.4 Å². The summed E-state index contributed by atoms with van der Waals surface area (Å²) in [4.78, 5) is 26.3. The van der Waals surface area contributed by atoms with Gasteiger partial charge in [0.25, 0.3) is 0 Å². The van der Waals surface area contributed by atoms with Gasteiger partial charge in [0.15, 0.2) is 5.76 Å². The van der Waals surface area contributed by atoms with Crippen LogP contribution in [0.2, 0.25) is 0 Å². The summed E-state index contributed by atoms with van der Waals surface area (Å²) in [7, 11) is 1.61. The summed E-state index contributed by atoms with van der Waals surface area (Å²) in [6.45, 7) is 0. The highest BCUT2D eigenvalue weighted by molar-refractivity contribution is 14.1. The summed E-state index contributed by atoms with van der Waals surface area (Å²) in [5.74, 6) is -0.0962. The van der Waals surface area contributed by atoms with Crippen molar-refractivity contribution in [3.63, 3.8) is 0 Å². The van der Waals surface area contributed by atoms with Crippen LogP contribution < -0.4 is 4.74 Å². The topological polar surface area (TPSA) is 87.3 Å². The molecule has 2 heterocycles. The second kappa shape index (κ2) is 4.95. The molecule has 0 N–H and O–H groups in total. The molecule has 21 heavy (non-hydrogen) atoms. The summed E-state index contributed by atoms with van der Waals surface area (Å²) in [5.41, 5.74) is 0.670. The molecule has 1 aliphatic rings. The summed E-state index contributed by atoms with van der Waals surface area (Å²) in [5, 5.41) is 10.9. The van der Waals surface area contributed by atoms with Gasteiger partial charge < -0.3 is 19.4 Å². The third kappa shape index (κ3) is 2.31. The van der Waals surface area contributed by atoms with Gasteiger partial charge in [-0.2, -0.15) is 0 Å². The quantitative estimate of drug-likeness (QED) is 0.337. The van der Waals surface area contributed by atoms with Gasteiger partial charge in [-0.3, -0.25) is 4.79 Å². The number of carbonyl (C=O) groups is 1. The Morgan fingerprint density at radius 3 is 2.95 bits per heavy atom. The Labute approximate surface area is 132 Å². The van der Waals surface area contributed by atoms with Crippen molar-refractivity contribution >= 4 is 40.3 Å². The highest BCUT2D eigenvalue weighted by atomic mass is 127. The van der Waals surface area contributed by atoms with E-state index in [0.29, 0.717) is 11.3 Å². The van der Waals surface area contributed by atoms with Crippen molar-refractivity contribution in [3.8, 4) is 5.75 Å². The lowest BCUT2D eigenvalue weighted by Crippen LogP contribution is -2.01. The first-order valence-electron chi connectivity index (χ1n) is 5.87. The van der Waals surface area contributed by atoms with E-state index >= 15 is 0 Å². The third-order valence-corrected chi connectivity index (χ3v) is 3.70. The fourth-order valence-electron chi connectivity index (χ4n) is 2.02. The molecule has 0 amide bonds. The second-order valence-corrected chi connectivity index (χ2v) is 5.65. The van der Waals surface area contributed by atoms with E-state index in [-0.39, 0.29) is 23.1 Å². The number of allylic oxidation sites excluding steroid dienone is 1. The monoisotopic (exact) mass is 397 g/mol. The SMILES string of the molecule is Cn1cnc([N+](=O)[O-])c1/C=C1\Oc2ccc(I)cc2C1=O. The van der Waals surface area contributed by atoms with Gasteiger partial charge in [-0.05, 0) is 50.7 Å². The van der Waals surface area contributed by atoms with Gasteiger partial charge >= 0.3 is 5.82 Å². The first-order valence-corrected chi connectivity index (χ1v) is 6.95. The molecular formula is C13H8IN3O4. The molecule has 0 saturated carbocycles. The molecule has 8 heteroatoms. The fourth-order valence-corrected chi connectivity index (χ4v) is 2.51. The van der Waals surface area contributed by atoms with Crippen molar-refractivity contribution in [2.24, 2.45) is 7.05 Å². The van der Waals surface area contributed by atoms with Crippen LogP contribution in [-0.2, 0) is 7.05 Å². The number of fused-ring (bicyclic) bond motifs is 1. The van der Waals surface area contributed by atoms with Crippen molar-refractivity contribution in [2.45, 2.75) is 0 Å². The number of imidazole rings is 1. The summed E-state index contributed by atoms with van der Waals surface area (Å²) >= 11 is 2.10. The van der Waals surface area contributed by atoms with Crippen LogP contribution in [0.1, 0.15) is 16.1 Å². The molecule has 0 fully saturated rings. The number of rotatable bonds is 2. The number of carbonyl (C=O) groups excluding carboxylic acids is 1. The van der Waals surface area contributed by atoms with Crippen LogP contribution >= 0.6 is 22.6 Å². The predicted octanol–water partition coefficient (Wildman–Crippen LogP) is 2.55. The molecule has 7 nitrogen and oxygen atoms in total. The van der Waals surface area contributed by atoms with Crippen molar-refractivity contribution in [2.75, 3.05) is 0 Å². The van der Waals surface area contributed by atoms with E-state index in [4.69, 9.17) is 4.74 Å². The molecule has 1 aliphatic heterocycles. The highest BCUT2D eigenvalue weighted by Crippen LogP contribution is 2.33. The van der Waals surface area contributed by atoms with Gasteiger partial charge in [0, 0.05) is 16.7 Å². The number of nitro groups is 1. The van der Waals surface area contributed by atoms with Crippen molar-refractivity contribution in [1.29, 1.82) is 0 Å². The van der Waals surface area contributed by atoms with Crippen molar-refractivity contribution < 1.29 is 14.5 Å². The van der Waals surface area contributed by atoms with Gasteiger partial charge in [-0.15, -0.1) is 0 Å². The van der Waals surface area contributed by atoms with E-state index in [1.54, 1.807) is 19.2 Å². The first kappa shape index (κ1) is 13.7. The molecule has 0 aliphatic carbocycles. The average Bonchev–Trinajstić information content (AvgIpc) is 2.94. The summed E-state index contributed by atoms with van der Waals surface area (Å²) < 4.78 is 7.86. The number of ketones is 1. The molecule has 0 saturated heterocycles. The van der Waals surface area contributed by atoms with E-state index in [1.807, 2.05) is 6.07 Å². The molecule has 0 atom stereocenters. The Morgan fingerprint density at radius 1 is 1.48 bits per heavy atom. The Hall–Kier alpha value is -2.23. The van der Waals surface area contributed by atoms with E-state index in [1.165, 1.54) is 17.0 Å². The number of nitrogens with zero attached hydrogens (tertiary/aromatic N) is 3. The molecule has 106 valence electrons. The standard InChI is InChI=1S/C13H8IN3O4/c1-16-6-15-13(17(19)20)9(16)5-11-12(18)8-4-7(14)2-3-10(8)21-11/h2-6H,1H3/b11-5-. The Bertz CT molecular complexity index is 810. The number of hydrogen-bond donors (Lipinski definition) is 0. The van der Waals surface area contributed by atoms with Gasteiger partial charge in [0.05, 0.1) is 5.56 Å². The average molecular weight is 397 g/mol. The first-order chi connectivity index (χ1) is 9.97. The number of aromatic nitrogens is 2. The molecule has 0 bridgehead atoms. The van der Waals surface area contributed by atoms with Crippen molar-refractivity contribution in [1.82, 2.24) is 9.55 Å². The zero-order valence-electron chi connectivity index (χ0n) is 10.7. The lowest BCUT2D eigenvalue weighted by molar-refractivity contribution is -0.389. The van der Waals surface area contributed by atoms with Crippen molar-refractivity contribution in [3.05, 3.63) is 55.2 Å². The summed E-state index contributed by atoms with van der Waals surface area (Å²) in [6.07, 6.45) is 2.67. The number of aryl methyl sites for hydroxylation is 1. The Kier molecular flexibility index (Phi) is 3.24. The number of Topliss-reactive ketones (excluding diaryl/α,β-unsaturated/α-hetero) is 1. The number of benzene rings is 1. The molecule has 3 rings (SSSR count). The lowest BCUT2D eigenvalue weighted by atomic mass is 10.1. The molecule has 1 aromatic heterocycles. The third-order valence-electron chi connectivity index (χ3n) is 3.03. The number of ether oxygens (including phenoxy) is 1. The molecule has 2 aromatic rings. The Morgan fingerprint density at radius 2 is 2.24 bits per heavy atom. The van der Waals surface area contributed by atoms with E-state index in [9.17, 15) is 14.9 Å². The largest absolute Gasteiger partial charge is 0.452 e. The van der Waals surface area contributed by atoms with Gasteiger partial charge in [-0.25, -0.2) is 0 Å². The highest BCUT2D eigenvalue weighted by Gasteiger charge is 2.29. The van der Waals surface area contributed by atoms with E-state index in [0.717, 1.165) is 3.57 Å². The molecule has 1 aromatic carbocycles. The number of halogens is 1. The smallest absolute Gasteiger partial charge is 0.389 e. The maximum absolute atomic E-state index is 12.3. The van der Waals surface area contributed by atoms with E-state index in [2.05, 4.69) is 27.6 Å². The minimum Gasteiger partial charge on any atom is -0.452 e. The number of hydrogen-bond acceptors (Lipinski definition) is 5. The van der Waals surface area contributed by atoms with E-state index < -0.39 is 4.92 Å². The summed E-state index contributed by atoms with van der Waals surface area (Å²) in [6, 6.07) is 5.24. The zero-order valence-corrected chi connectivity index (χ0v) is 12.9. The maximum atomic E-state index is 12.3. The lowest BCUT2D eigenvalue weighted by Gasteiger charge is -1.99. The van der Waals surface area contributed by atoms with Gasteiger partial charge in [-0.1, -0.05) is 0 Å². The molecular weight excluding hydrogens is 389 g/mol. The van der Waals surface area contributed by atoms with Crippen LogP contribution in [0.15, 0.2) is 30.3 Å². The fraction of sp³-hybridized carbons (Fsp3) is 0.0769. The maximum Gasteiger partial charge on any atom is 0.389 e.